The first-order valence-electron chi connectivity index (χ1n) is 4.49. The summed E-state index contributed by atoms with van der Waals surface area (Å²) in [6.07, 6.45) is 1.97. The molecule has 5 nitrogen and oxygen atoms in total. The van der Waals surface area contributed by atoms with Crippen LogP contribution in [0.3, 0.4) is 0 Å². The van der Waals surface area contributed by atoms with Gasteiger partial charge in [-0.1, -0.05) is 0 Å². The number of rotatable bonds is 7. The highest BCUT2D eigenvalue weighted by Crippen LogP contribution is 2.19. The van der Waals surface area contributed by atoms with E-state index in [1.807, 2.05) is 20.1 Å². The van der Waals surface area contributed by atoms with Crippen molar-refractivity contribution in [1.29, 1.82) is 0 Å². The number of nitrogens with one attached hydrogen (secondary N) is 1. The van der Waals surface area contributed by atoms with Crippen molar-refractivity contribution in [1.82, 2.24) is 5.32 Å². The summed E-state index contributed by atoms with van der Waals surface area (Å²) < 4.78 is 4.61. The van der Waals surface area contributed by atoms with Crippen LogP contribution in [0, 0.1) is 0 Å². The van der Waals surface area contributed by atoms with Crippen molar-refractivity contribution < 1.29 is 19.4 Å². The van der Waals surface area contributed by atoms with Gasteiger partial charge < -0.3 is 15.2 Å². The van der Waals surface area contributed by atoms with Crippen LogP contribution in [0.25, 0.3) is 0 Å². The summed E-state index contributed by atoms with van der Waals surface area (Å²) in [5, 5.41) is 10.9. The molecule has 0 bridgehead atoms. The van der Waals surface area contributed by atoms with E-state index in [4.69, 9.17) is 5.11 Å². The molecule has 0 fully saturated rings. The van der Waals surface area contributed by atoms with E-state index in [-0.39, 0.29) is 17.3 Å². The molecule has 0 saturated heterocycles. The summed E-state index contributed by atoms with van der Waals surface area (Å²) in [4.78, 5) is 21.2. The van der Waals surface area contributed by atoms with E-state index in [0.29, 0.717) is 6.54 Å². The number of carboxylic acids is 1. The minimum Gasteiger partial charge on any atom is -0.480 e. The SMILES string of the molecule is CSC(C)(C)CNC(=O)COCC(=O)O. The van der Waals surface area contributed by atoms with Gasteiger partial charge in [0.25, 0.3) is 0 Å². The summed E-state index contributed by atoms with van der Waals surface area (Å²) >= 11 is 1.65. The first kappa shape index (κ1) is 14.2. The third kappa shape index (κ3) is 8.26. The molecule has 0 heterocycles. The third-order valence-electron chi connectivity index (χ3n) is 1.72. The number of carbonyl (C=O) groups is 2. The normalized spacial score (nSPS) is 11.1. The molecular formula is C9H17NO4S. The number of carboxylic acid groups (broad SMARTS) is 1. The molecule has 15 heavy (non-hydrogen) atoms. The summed E-state index contributed by atoms with van der Waals surface area (Å²) in [6, 6.07) is 0. The maximum Gasteiger partial charge on any atom is 0.329 e. The molecule has 6 heteroatoms. The topological polar surface area (TPSA) is 75.6 Å². The molecule has 0 aliphatic heterocycles. The molecule has 0 aromatic carbocycles. The fraction of sp³-hybridized carbons (Fsp3) is 0.778. The van der Waals surface area contributed by atoms with Crippen LogP contribution in [0.1, 0.15) is 13.8 Å². The van der Waals surface area contributed by atoms with Gasteiger partial charge in [-0.25, -0.2) is 4.79 Å². The van der Waals surface area contributed by atoms with Crippen LogP contribution in [0.2, 0.25) is 0 Å². The Kier molecular flexibility index (Phi) is 6.35. The Balaban J connectivity index is 3.62. The van der Waals surface area contributed by atoms with E-state index in [1.165, 1.54) is 0 Å². The maximum absolute atomic E-state index is 11.1. The number of hydrogen-bond acceptors (Lipinski definition) is 4. The molecule has 0 radical (unpaired) electrons. The van der Waals surface area contributed by atoms with Crippen LogP contribution in [-0.2, 0) is 14.3 Å². The summed E-state index contributed by atoms with van der Waals surface area (Å²) in [5.74, 6) is -1.37. The lowest BCUT2D eigenvalue weighted by molar-refractivity contribution is -0.143. The van der Waals surface area contributed by atoms with Gasteiger partial charge in [0.1, 0.15) is 13.2 Å². The average Bonchev–Trinajstić information content (AvgIpc) is 2.14. The molecule has 2 N–H and O–H groups in total. The number of hydrogen-bond donors (Lipinski definition) is 2. The minimum atomic E-state index is -1.08. The molecule has 0 spiro atoms. The molecular weight excluding hydrogens is 218 g/mol. The fourth-order valence-electron chi connectivity index (χ4n) is 0.666. The van der Waals surface area contributed by atoms with Crippen LogP contribution >= 0.6 is 11.8 Å². The first-order chi connectivity index (χ1) is 6.87. The molecule has 0 saturated carbocycles. The molecule has 0 aromatic heterocycles. The predicted molar refractivity (Wildman–Crippen MR) is 59.1 cm³/mol. The van der Waals surface area contributed by atoms with Gasteiger partial charge in [-0.15, -0.1) is 0 Å². The zero-order valence-corrected chi connectivity index (χ0v) is 10.0. The van der Waals surface area contributed by atoms with Gasteiger partial charge in [0.15, 0.2) is 0 Å². The quantitative estimate of drug-likeness (QED) is 0.665. The molecule has 1 amide bonds. The number of thioether (sulfide) groups is 1. The Morgan fingerprint density at radius 3 is 2.47 bits per heavy atom. The van der Waals surface area contributed by atoms with Gasteiger partial charge in [-0.2, -0.15) is 11.8 Å². The monoisotopic (exact) mass is 235 g/mol. The zero-order chi connectivity index (χ0) is 11.9. The van der Waals surface area contributed by atoms with E-state index >= 15 is 0 Å². The van der Waals surface area contributed by atoms with Crippen molar-refractivity contribution in [2.24, 2.45) is 0 Å². The lowest BCUT2D eigenvalue weighted by Crippen LogP contribution is -2.38. The molecule has 0 unspecified atom stereocenters. The molecule has 88 valence electrons. The maximum atomic E-state index is 11.1. The van der Waals surface area contributed by atoms with Gasteiger partial charge in [0.2, 0.25) is 5.91 Å². The van der Waals surface area contributed by atoms with Crippen molar-refractivity contribution in [3.05, 3.63) is 0 Å². The second-order valence-electron chi connectivity index (χ2n) is 3.63. The van der Waals surface area contributed by atoms with Crippen LogP contribution in [-0.4, -0.2) is 47.7 Å². The molecule has 0 aromatic rings. The highest BCUT2D eigenvalue weighted by atomic mass is 32.2. The minimum absolute atomic E-state index is 0.0253. The highest BCUT2D eigenvalue weighted by molar-refractivity contribution is 7.99. The van der Waals surface area contributed by atoms with E-state index in [9.17, 15) is 9.59 Å². The Bertz CT molecular complexity index is 230. The van der Waals surface area contributed by atoms with Crippen LogP contribution in [0.5, 0.6) is 0 Å². The smallest absolute Gasteiger partial charge is 0.329 e. The van der Waals surface area contributed by atoms with Gasteiger partial charge in [-0.3, -0.25) is 4.79 Å². The van der Waals surface area contributed by atoms with Crippen LogP contribution in [0.4, 0.5) is 0 Å². The van der Waals surface area contributed by atoms with Gasteiger partial charge >= 0.3 is 5.97 Å². The fourth-order valence-corrected chi connectivity index (χ4v) is 0.882. The average molecular weight is 235 g/mol. The largest absolute Gasteiger partial charge is 0.480 e. The zero-order valence-electron chi connectivity index (χ0n) is 9.20. The standard InChI is InChI=1S/C9H17NO4S/c1-9(2,15-3)6-10-7(11)4-14-5-8(12)13/h4-6H2,1-3H3,(H,10,11)(H,12,13). The summed E-state index contributed by atoms with van der Waals surface area (Å²) in [5.41, 5.74) is 0. The van der Waals surface area contributed by atoms with E-state index in [1.54, 1.807) is 11.8 Å². The number of ether oxygens (including phenoxy) is 1. The second-order valence-corrected chi connectivity index (χ2v) is 5.14. The van der Waals surface area contributed by atoms with Crippen molar-refractivity contribution in [2.45, 2.75) is 18.6 Å². The summed E-state index contributed by atoms with van der Waals surface area (Å²) in [6.45, 7) is 3.89. The molecule has 0 aliphatic rings. The van der Waals surface area contributed by atoms with Crippen LogP contribution < -0.4 is 5.32 Å². The van der Waals surface area contributed by atoms with E-state index in [2.05, 4.69) is 10.1 Å². The van der Waals surface area contributed by atoms with Gasteiger partial charge in [-0.05, 0) is 20.1 Å². The Labute approximate surface area is 93.6 Å². The van der Waals surface area contributed by atoms with Gasteiger partial charge in [0, 0.05) is 11.3 Å². The lowest BCUT2D eigenvalue weighted by Gasteiger charge is -2.22. The highest BCUT2D eigenvalue weighted by Gasteiger charge is 2.16. The van der Waals surface area contributed by atoms with Crippen molar-refractivity contribution in [2.75, 3.05) is 26.0 Å². The van der Waals surface area contributed by atoms with Crippen molar-refractivity contribution in [3.8, 4) is 0 Å². The molecule has 0 atom stereocenters. The number of carbonyl (C=O) groups excluding carboxylic acids is 1. The van der Waals surface area contributed by atoms with Crippen molar-refractivity contribution >= 4 is 23.6 Å². The van der Waals surface area contributed by atoms with Gasteiger partial charge in [0.05, 0.1) is 0 Å². The Morgan fingerprint density at radius 1 is 1.40 bits per heavy atom. The van der Waals surface area contributed by atoms with Crippen LogP contribution in [0.15, 0.2) is 0 Å². The second kappa shape index (κ2) is 6.68. The Morgan fingerprint density at radius 2 is 2.00 bits per heavy atom. The molecule has 0 rings (SSSR count). The first-order valence-corrected chi connectivity index (χ1v) is 5.71. The van der Waals surface area contributed by atoms with E-state index in [0.717, 1.165) is 0 Å². The Hall–Kier alpha value is -0.750. The number of aliphatic carboxylic acids is 1. The third-order valence-corrected chi connectivity index (χ3v) is 2.97. The lowest BCUT2D eigenvalue weighted by atomic mass is 10.2. The predicted octanol–water partition coefficient (Wildman–Crippen LogP) is 0.345. The molecule has 0 aliphatic carbocycles. The van der Waals surface area contributed by atoms with Crippen molar-refractivity contribution in [3.63, 3.8) is 0 Å². The number of amides is 1. The van der Waals surface area contributed by atoms with E-state index < -0.39 is 12.6 Å². The summed E-state index contributed by atoms with van der Waals surface area (Å²) in [7, 11) is 0.